The molecule has 3 aromatic rings. The molecule has 144 valence electrons. The van der Waals surface area contributed by atoms with Gasteiger partial charge in [0.2, 0.25) is 0 Å². The molecule has 0 unspecified atom stereocenters. The van der Waals surface area contributed by atoms with E-state index >= 15 is 0 Å². The summed E-state index contributed by atoms with van der Waals surface area (Å²) in [6, 6.07) is 8.73. The van der Waals surface area contributed by atoms with Gasteiger partial charge in [-0.15, -0.1) is 0 Å². The van der Waals surface area contributed by atoms with Gasteiger partial charge in [-0.3, -0.25) is 4.79 Å². The number of imidazole rings is 1. The van der Waals surface area contributed by atoms with Gasteiger partial charge in [0.05, 0.1) is 16.9 Å². The van der Waals surface area contributed by atoms with Crippen LogP contribution >= 0.6 is 0 Å². The summed E-state index contributed by atoms with van der Waals surface area (Å²) in [5.74, 6) is 0.0128. The summed E-state index contributed by atoms with van der Waals surface area (Å²) in [5.41, 5.74) is 7.70. The third-order valence-corrected chi connectivity index (χ3v) is 6.17. The van der Waals surface area contributed by atoms with Crippen molar-refractivity contribution in [2.75, 3.05) is 11.9 Å². The average molecular weight is 374 g/mol. The Labute approximate surface area is 165 Å². The summed E-state index contributed by atoms with van der Waals surface area (Å²) in [5, 5.41) is 6.91. The molecule has 0 fully saturated rings. The number of pyridine rings is 1. The van der Waals surface area contributed by atoms with Crippen LogP contribution in [0.1, 0.15) is 52.5 Å². The number of fused-ring (bicyclic) bond motifs is 4. The molecule has 2 N–H and O–H groups in total. The zero-order valence-corrected chi connectivity index (χ0v) is 16.5. The largest absolute Gasteiger partial charge is 0.376 e. The molecule has 1 aromatic carbocycles. The number of anilines is 1. The van der Waals surface area contributed by atoms with E-state index in [4.69, 9.17) is 4.98 Å². The second kappa shape index (κ2) is 6.36. The zero-order valence-electron chi connectivity index (χ0n) is 16.5. The molecule has 0 atom stereocenters. The van der Waals surface area contributed by atoms with E-state index in [9.17, 15) is 4.79 Å². The minimum absolute atomic E-state index is 0.0128. The lowest BCUT2D eigenvalue weighted by molar-refractivity contribution is 0.0952. The molecule has 0 radical (unpaired) electrons. The van der Waals surface area contributed by atoms with Gasteiger partial charge in [-0.25, -0.2) is 4.98 Å². The number of aryl methyl sites for hydroxylation is 1. The first kappa shape index (κ1) is 17.3. The van der Waals surface area contributed by atoms with E-state index in [1.807, 2.05) is 23.7 Å². The van der Waals surface area contributed by atoms with Crippen LogP contribution in [0.15, 0.2) is 36.7 Å². The molecule has 5 rings (SSSR count). The van der Waals surface area contributed by atoms with Crippen LogP contribution in [0.25, 0.3) is 5.65 Å². The Morgan fingerprint density at radius 1 is 1.25 bits per heavy atom. The summed E-state index contributed by atoms with van der Waals surface area (Å²) in [7, 11) is 0. The molecule has 0 saturated carbocycles. The molecular formula is C23H26N4O. The van der Waals surface area contributed by atoms with E-state index in [-0.39, 0.29) is 11.4 Å². The molecule has 2 aliphatic rings. The van der Waals surface area contributed by atoms with Crippen LogP contribution in [0.3, 0.4) is 0 Å². The molecular weight excluding hydrogens is 348 g/mol. The zero-order chi connectivity index (χ0) is 19.3. The minimum atomic E-state index is 0.0128. The molecule has 1 aliphatic heterocycles. The number of nitrogens with zero attached hydrogens (tertiary/aromatic N) is 2. The Morgan fingerprint density at radius 3 is 2.71 bits per heavy atom. The van der Waals surface area contributed by atoms with Crippen LogP contribution in [0.2, 0.25) is 0 Å². The summed E-state index contributed by atoms with van der Waals surface area (Å²) < 4.78 is 2.00. The number of benzene rings is 1. The van der Waals surface area contributed by atoms with Crippen molar-refractivity contribution < 1.29 is 4.79 Å². The number of carbonyl (C=O) groups excluding carboxylic acids is 1. The van der Waals surface area contributed by atoms with E-state index in [0.717, 1.165) is 60.3 Å². The summed E-state index contributed by atoms with van der Waals surface area (Å²) in [6.45, 7) is 4.77. The average Bonchev–Trinajstić information content (AvgIpc) is 3.24. The highest BCUT2D eigenvalue weighted by molar-refractivity contribution is 5.98. The number of carbonyl (C=O) groups is 1. The lowest BCUT2D eigenvalue weighted by Crippen LogP contribution is -2.43. The maximum Gasteiger partial charge on any atom is 0.253 e. The summed E-state index contributed by atoms with van der Waals surface area (Å²) in [6.07, 6.45) is 8.86. The third-order valence-electron chi connectivity index (χ3n) is 6.17. The number of amides is 1. The van der Waals surface area contributed by atoms with E-state index in [1.54, 1.807) is 0 Å². The number of aromatic nitrogens is 2. The van der Waals surface area contributed by atoms with Gasteiger partial charge < -0.3 is 15.0 Å². The first-order valence-corrected chi connectivity index (χ1v) is 10.2. The van der Waals surface area contributed by atoms with Gasteiger partial charge in [0.15, 0.2) is 5.65 Å². The lowest BCUT2D eigenvalue weighted by atomic mass is 9.82. The van der Waals surface area contributed by atoms with Crippen LogP contribution in [0, 0.1) is 6.92 Å². The highest BCUT2D eigenvalue weighted by Crippen LogP contribution is 2.42. The van der Waals surface area contributed by atoms with Gasteiger partial charge in [0, 0.05) is 24.5 Å². The van der Waals surface area contributed by atoms with Crippen LogP contribution in [-0.2, 0) is 19.3 Å². The fourth-order valence-corrected chi connectivity index (χ4v) is 4.86. The Bertz CT molecular complexity index is 1060. The number of rotatable bonds is 3. The van der Waals surface area contributed by atoms with Crippen molar-refractivity contribution in [3.05, 3.63) is 64.6 Å². The second-order valence-corrected chi connectivity index (χ2v) is 8.29. The van der Waals surface area contributed by atoms with E-state index in [1.165, 1.54) is 11.1 Å². The third kappa shape index (κ3) is 2.68. The maximum absolute atomic E-state index is 12.8. The molecule has 3 heterocycles. The minimum Gasteiger partial charge on any atom is -0.376 e. The highest BCUT2D eigenvalue weighted by atomic mass is 16.1. The number of hydrogen-bond acceptors (Lipinski definition) is 3. The fourth-order valence-electron chi connectivity index (χ4n) is 4.86. The molecule has 1 spiro atoms. The Kier molecular flexibility index (Phi) is 3.93. The van der Waals surface area contributed by atoms with Crippen LogP contribution < -0.4 is 10.6 Å². The van der Waals surface area contributed by atoms with Crippen molar-refractivity contribution in [3.8, 4) is 0 Å². The van der Waals surface area contributed by atoms with E-state index < -0.39 is 0 Å². The monoisotopic (exact) mass is 374 g/mol. The molecule has 5 nitrogen and oxygen atoms in total. The highest BCUT2D eigenvalue weighted by Gasteiger charge is 2.41. The smallest absolute Gasteiger partial charge is 0.253 e. The molecule has 5 heteroatoms. The molecule has 28 heavy (non-hydrogen) atoms. The Hall–Kier alpha value is -2.82. The SMILES string of the molecule is CCCNC(=O)c1cn2cc(C)nc2c2c1CCC1(Cc3ccccc3C1)N2. The van der Waals surface area contributed by atoms with Crippen molar-refractivity contribution in [1.29, 1.82) is 0 Å². The molecule has 0 bridgehead atoms. The van der Waals surface area contributed by atoms with Crippen molar-refractivity contribution in [3.63, 3.8) is 0 Å². The van der Waals surface area contributed by atoms with Crippen molar-refractivity contribution in [2.45, 2.75) is 51.5 Å². The van der Waals surface area contributed by atoms with Gasteiger partial charge in [-0.05, 0) is 55.7 Å². The predicted molar refractivity (Wildman–Crippen MR) is 111 cm³/mol. The molecule has 1 amide bonds. The van der Waals surface area contributed by atoms with Crippen LogP contribution in [-0.4, -0.2) is 27.4 Å². The number of nitrogens with one attached hydrogen (secondary N) is 2. The molecule has 0 saturated heterocycles. The van der Waals surface area contributed by atoms with Crippen molar-refractivity contribution >= 4 is 17.2 Å². The summed E-state index contributed by atoms with van der Waals surface area (Å²) in [4.78, 5) is 17.6. The van der Waals surface area contributed by atoms with E-state index in [2.05, 4.69) is 41.8 Å². The van der Waals surface area contributed by atoms with Gasteiger partial charge in [0.25, 0.3) is 5.91 Å². The first-order valence-electron chi connectivity index (χ1n) is 10.2. The van der Waals surface area contributed by atoms with Crippen LogP contribution in [0.4, 0.5) is 5.69 Å². The molecule has 2 aromatic heterocycles. The normalized spacial score (nSPS) is 16.6. The standard InChI is InChI=1S/C23H26N4O/c1-3-10-24-22(28)19-14-27-13-15(2)25-21(27)20-18(19)8-9-23(26-20)11-16-6-4-5-7-17(16)12-23/h4-7,13-14,26H,3,8-12H2,1-2H3,(H,24,28). The van der Waals surface area contributed by atoms with E-state index in [0.29, 0.717) is 6.54 Å². The van der Waals surface area contributed by atoms with Crippen molar-refractivity contribution in [2.24, 2.45) is 0 Å². The first-order chi connectivity index (χ1) is 13.6. The second-order valence-electron chi connectivity index (χ2n) is 8.29. The summed E-state index contributed by atoms with van der Waals surface area (Å²) >= 11 is 0. The lowest BCUT2D eigenvalue weighted by Gasteiger charge is -2.37. The van der Waals surface area contributed by atoms with Gasteiger partial charge in [-0.2, -0.15) is 0 Å². The van der Waals surface area contributed by atoms with Crippen LogP contribution in [0.5, 0.6) is 0 Å². The van der Waals surface area contributed by atoms with Crippen molar-refractivity contribution in [1.82, 2.24) is 14.7 Å². The fraction of sp³-hybridized carbons (Fsp3) is 0.391. The number of hydrogen-bond donors (Lipinski definition) is 2. The van der Waals surface area contributed by atoms with Gasteiger partial charge in [-0.1, -0.05) is 31.2 Å². The maximum atomic E-state index is 12.8. The van der Waals surface area contributed by atoms with Gasteiger partial charge in [0.1, 0.15) is 0 Å². The topological polar surface area (TPSA) is 58.4 Å². The Balaban J connectivity index is 1.59. The Morgan fingerprint density at radius 2 is 2.00 bits per heavy atom. The predicted octanol–water partition coefficient (Wildman–Crippen LogP) is 3.68. The van der Waals surface area contributed by atoms with Gasteiger partial charge >= 0.3 is 0 Å². The quantitative estimate of drug-likeness (QED) is 0.735. The molecule has 1 aliphatic carbocycles.